The van der Waals surface area contributed by atoms with E-state index in [4.69, 9.17) is 5.11 Å². The molecule has 5 heteroatoms. The lowest BCUT2D eigenvalue weighted by molar-refractivity contribution is 0.0695. The minimum absolute atomic E-state index is 0.00192. The van der Waals surface area contributed by atoms with Gasteiger partial charge in [-0.15, -0.1) is 0 Å². The van der Waals surface area contributed by atoms with Crippen LogP contribution in [0.25, 0.3) is 0 Å². The molecule has 0 aliphatic heterocycles. The number of anilines is 1. The van der Waals surface area contributed by atoms with Crippen LogP contribution in [0.3, 0.4) is 0 Å². The molecule has 0 aromatic heterocycles. The van der Waals surface area contributed by atoms with Crippen LogP contribution < -0.4 is 5.32 Å². The highest BCUT2D eigenvalue weighted by molar-refractivity contribution is 9.10. The third-order valence-corrected chi connectivity index (χ3v) is 3.98. The first kappa shape index (κ1) is 12.4. The monoisotopic (exact) mass is 301 g/mol. The Balaban J connectivity index is 2.30. The van der Waals surface area contributed by atoms with Crippen LogP contribution >= 0.6 is 15.9 Å². The molecule has 17 heavy (non-hydrogen) atoms. The van der Waals surface area contributed by atoms with Gasteiger partial charge in [0.25, 0.3) is 0 Å². The minimum atomic E-state index is -1.14. The Hall–Kier alpha value is -1.10. The average Bonchev–Trinajstić information content (AvgIpc) is 2.22. The second kappa shape index (κ2) is 4.29. The van der Waals surface area contributed by atoms with E-state index < -0.39 is 11.8 Å². The van der Waals surface area contributed by atoms with E-state index in [0.717, 1.165) is 19.3 Å². The summed E-state index contributed by atoms with van der Waals surface area (Å²) in [6.45, 7) is 2.04. The molecule has 1 saturated carbocycles. The number of hydrogen-bond acceptors (Lipinski definition) is 2. The smallest absolute Gasteiger partial charge is 0.336 e. The fraction of sp³-hybridized carbons (Fsp3) is 0.417. The summed E-state index contributed by atoms with van der Waals surface area (Å²) in [5.41, 5.74) is 0.223. The van der Waals surface area contributed by atoms with Gasteiger partial charge in [-0.1, -0.05) is 0 Å². The van der Waals surface area contributed by atoms with Crippen molar-refractivity contribution in [2.45, 2.75) is 31.7 Å². The molecule has 1 fully saturated rings. The number of benzene rings is 1. The lowest BCUT2D eigenvalue weighted by Crippen LogP contribution is -2.41. The van der Waals surface area contributed by atoms with Crippen LogP contribution in [0.4, 0.5) is 10.1 Å². The average molecular weight is 302 g/mol. The van der Waals surface area contributed by atoms with Crippen molar-refractivity contribution in [3.05, 3.63) is 28.0 Å². The van der Waals surface area contributed by atoms with Crippen LogP contribution in [-0.2, 0) is 0 Å². The molecule has 1 aromatic rings. The number of rotatable bonds is 3. The Morgan fingerprint density at radius 2 is 2.18 bits per heavy atom. The van der Waals surface area contributed by atoms with Crippen LogP contribution in [0.1, 0.15) is 36.5 Å². The molecular formula is C12H13BrFNO2. The van der Waals surface area contributed by atoms with Crippen molar-refractivity contribution in [3.8, 4) is 0 Å². The SMILES string of the molecule is CC1(Nc2ccc(C(=O)O)c(Br)c2F)CCC1. The van der Waals surface area contributed by atoms with E-state index in [9.17, 15) is 9.18 Å². The van der Waals surface area contributed by atoms with Crippen LogP contribution in [0, 0.1) is 5.82 Å². The molecule has 0 bridgehead atoms. The second-order valence-electron chi connectivity index (χ2n) is 4.63. The Labute approximate surface area is 107 Å². The number of aromatic carboxylic acids is 1. The van der Waals surface area contributed by atoms with E-state index in [1.165, 1.54) is 12.1 Å². The number of halogens is 2. The van der Waals surface area contributed by atoms with Gasteiger partial charge in [0.05, 0.1) is 15.7 Å². The predicted molar refractivity (Wildman–Crippen MR) is 66.9 cm³/mol. The molecule has 92 valence electrons. The van der Waals surface area contributed by atoms with Crippen molar-refractivity contribution in [2.75, 3.05) is 5.32 Å². The zero-order chi connectivity index (χ0) is 12.6. The largest absolute Gasteiger partial charge is 0.478 e. The maximum absolute atomic E-state index is 13.9. The fourth-order valence-electron chi connectivity index (χ4n) is 1.97. The first-order valence-electron chi connectivity index (χ1n) is 5.42. The van der Waals surface area contributed by atoms with E-state index in [1.807, 2.05) is 6.92 Å². The molecule has 1 aromatic carbocycles. The van der Waals surface area contributed by atoms with Gasteiger partial charge in [-0.05, 0) is 54.2 Å². The standard InChI is InChI=1S/C12H13BrFNO2/c1-12(5-2-6-12)15-8-4-3-7(11(16)17)9(13)10(8)14/h3-4,15H,2,5-6H2,1H3,(H,16,17). The van der Waals surface area contributed by atoms with Crippen molar-refractivity contribution in [1.82, 2.24) is 0 Å². The number of carbonyl (C=O) groups is 1. The van der Waals surface area contributed by atoms with Gasteiger partial charge in [-0.25, -0.2) is 9.18 Å². The van der Waals surface area contributed by atoms with Crippen LogP contribution in [0.2, 0.25) is 0 Å². The summed E-state index contributed by atoms with van der Waals surface area (Å²) in [5.74, 6) is -1.68. The number of carboxylic acid groups (broad SMARTS) is 1. The molecule has 1 aliphatic rings. The van der Waals surface area contributed by atoms with Crippen LogP contribution in [-0.4, -0.2) is 16.6 Å². The third-order valence-electron chi connectivity index (χ3n) is 3.21. The van der Waals surface area contributed by atoms with Crippen molar-refractivity contribution < 1.29 is 14.3 Å². The molecule has 0 atom stereocenters. The fourth-order valence-corrected chi connectivity index (χ4v) is 2.48. The summed E-state index contributed by atoms with van der Waals surface area (Å²) in [4.78, 5) is 10.8. The van der Waals surface area contributed by atoms with Crippen molar-refractivity contribution in [1.29, 1.82) is 0 Å². The normalized spacial score (nSPS) is 17.4. The van der Waals surface area contributed by atoms with Gasteiger partial charge in [0, 0.05) is 5.54 Å². The summed E-state index contributed by atoms with van der Waals surface area (Å²) in [7, 11) is 0. The molecule has 3 nitrogen and oxygen atoms in total. The van der Waals surface area contributed by atoms with E-state index in [1.54, 1.807) is 0 Å². The zero-order valence-corrected chi connectivity index (χ0v) is 11.0. The molecule has 0 spiro atoms. The van der Waals surface area contributed by atoms with Crippen LogP contribution in [0.5, 0.6) is 0 Å². The molecule has 2 N–H and O–H groups in total. The molecule has 0 amide bonds. The first-order chi connectivity index (χ1) is 7.93. The van der Waals surface area contributed by atoms with Gasteiger partial charge in [0.1, 0.15) is 0 Å². The highest BCUT2D eigenvalue weighted by Crippen LogP contribution is 2.37. The zero-order valence-electron chi connectivity index (χ0n) is 9.39. The summed E-state index contributed by atoms with van der Waals surface area (Å²) in [6, 6.07) is 2.88. The summed E-state index contributed by atoms with van der Waals surface area (Å²) < 4.78 is 13.9. The number of carboxylic acids is 1. The molecule has 0 saturated heterocycles. The Morgan fingerprint density at radius 1 is 1.53 bits per heavy atom. The quantitative estimate of drug-likeness (QED) is 0.896. The summed E-state index contributed by atoms with van der Waals surface area (Å²) in [6.07, 6.45) is 3.15. The van der Waals surface area contributed by atoms with Crippen molar-refractivity contribution >= 4 is 27.6 Å². The lowest BCUT2D eigenvalue weighted by atomic mass is 9.78. The van der Waals surface area contributed by atoms with Gasteiger partial charge >= 0.3 is 5.97 Å². The van der Waals surface area contributed by atoms with E-state index >= 15 is 0 Å². The molecule has 0 unspecified atom stereocenters. The van der Waals surface area contributed by atoms with E-state index in [0.29, 0.717) is 5.69 Å². The molecule has 2 rings (SSSR count). The maximum atomic E-state index is 13.9. The Kier molecular flexibility index (Phi) is 3.12. The first-order valence-corrected chi connectivity index (χ1v) is 6.22. The minimum Gasteiger partial charge on any atom is -0.478 e. The molecular weight excluding hydrogens is 289 g/mol. The second-order valence-corrected chi connectivity index (χ2v) is 5.43. The summed E-state index contributed by atoms with van der Waals surface area (Å²) in [5, 5.41) is 12.0. The van der Waals surface area contributed by atoms with Crippen molar-refractivity contribution in [2.24, 2.45) is 0 Å². The number of hydrogen-bond donors (Lipinski definition) is 2. The Bertz CT molecular complexity index is 472. The highest BCUT2D eigenvalue weighted by atomic mass is 79.9. The van der Waals surface area contributed by atoms with Gasteiger partial charge in [0.2, 0.25) is 0 Å². The van der Waals surface area contributed by atoms with Gasteiger partial charge < -0.3 is 10.4 Å². The third kappa shape index (κ3) is 2.29. The van der Waals surface area contributed by atoms with Gasteiger partial charge in [-0.2, -0.15) is 0 Å². The van der Waals surface area contributed by atoms with E-state index in [-0.39, 0.29) is 15.6 Å². The lowest BCUT2D eigenvalue weighted by Gasteiger charge is -2.40. The molecule has 0 radical (unpaired) electrons. The Morgan fingerprint density at radius 3 is 2.65 bits per heavy atom. The predicted octanol–water partition coefficient (Wildman–Crippen LogP) is 3.64. The highest BCUT2D eigenvalue weighted by Gasteiger charge is 2.32. The van der Waals surface area contributed by atoms with Gasteiger partial charge in [0.15, 0.2) is 5.82 Å². The van der Waals surface area contributed by atoms with E-state index in [2.05, 4.69) is 21.2 Å². The molecule has 1 aliphatic carbocycles. The number of nitrogens with one attached hydrogen (secondary N) is 1. The topological polar surface area (TPSA) is 49.3 Å². The summed E-state index contributed by atoms with van der Waals surface area (Å²) >= 11 is 2.98. The van der Waals surface area contributed by atoms with Crippen LogP contribution in [0.15, 0.2) is 16.6 Å². The van der Waals surface area contributed by atoms with Crippen molar-refractivity contribution in [3.63, 3.8) is 0 Å². The maximum Gasteiger partial charge on any atom is 0.336 e. The van der Waals surface area contributed by atoms with Gasteiger partial charge in [-0.3, -0.25) is 0 Å². The molecule has 0 heterocycles.